The van der Waals surface area contributed by atoms with Gasteiger partial charge < -0.3 is 5.02 Å². The molecule has 1 heterocycles. The van der Waals surface area contributed by atoms with Crippen LogP contribution in [0, 0.1) is 12.3 Å². The smallest absolute Gasteiger partial charge is 0.321 e. The molecule has 1 aromatic rings. The van der Waals surface area contributed by atoms with E-state index in [9.17, 15) is 5.02 Å². The second kappa shape index (κ2) is 4.36. The predicted molar refractivity (Wildman–Crippen MR) is 65.6 cm³/mol. The van der Waals surface area contributed by atoms with Gasteiger partial charge in [0.05, 0.1) is 0 Å². The molecule has 0 atom stereocenters. The molecule has 82 valence electrons. The van der Waals surface area contributed by atoms with Crippen LogP contribution in [0.1, 0.15) is 32.0 Å². The zero-order valence-electron chi connectivity index (χ0n) is 10.3. The molecule has 1 N–H and O–H groups in total. The lowest BCUT2D eigenvalue weighted by atomic mass is 9.65. The number of pyridine rings is 1. The van der Waals surface area contributed by atoms with E-state index < -0.39 is 6.92 Å². The maximum Gasteiger partial charge on any atom is 0.321 e. The molecule has 0 unspecified atom stereocenters. The summed E-state index contributed by atoms with van der Waals surface area (Å²) in [5.74, 6) is 0. The highest BCUT2D eigenvalue weighted by Crippen LogP contribution is 2.20. The van der Waals surface area contributed by atoms with Gasteiger partial charge in [0.1, 0.15) is 0 Å². The largest absolute Gasteiger partial charge is 0.446 e. The lowest BCUT2D eigenvalue weighted by Gasteiger charge is -2.19. The Bertz CT molecular complexity index is 342. The Morgan fingerprint density at radius 2 is 2.00 bits per heavy atom. The molecule has 0 aliphatic carbocycles. The fourth-order valence-electron chi connectivity index (χ4n) is 1.54. The van der Waals surface area contributed by atoms with Crippen LogP contribution >= 0.6 is 0 Å². The number of rotatable bonds is 2. The first-order chi connectivity index (χ1) is 6.79. The molecule has 0 amide bonds. The third-order valence-electron chi connectivity index (χ3n) is 2.39. The summed E-state index contributed by atoms with van der Waals surface area (Å²) in [5, 5.41) is 9.43. The van der Waals surface area contributed by atoms with Crippen molar-refractivity contribution < 1.29 is 5.02 Å². The number of hydrogen-bond acceptors (Lipinski definition) is 2. The number of aryl methyl sites for hydroxylation is 1. The van der Waals surface area contributed by atoms with Gasteiger partial charge in [0.2, 0.25) is 0 Å². The van der Waals surface area contributed by atoms with Gasteiger partial charge in [-0.2, -0.15) is 0 Å². The van der Waals surface area contributed by atoms with Crippen LogP contribution < -0.4 is 5.46 Å². The highest BCUT2D eigenvalue weighted by Gasteiger charge is 2.15. The zero-order valence-corrected chi connectivity index (χ0v) is 10.3. The van der Waals surface area contributed by atoms with Crippen LogP contribution in [0.4, 0.5) is 0 Å². The van der Waals surface area contributed by atoms with E-state index in [1.165, 1.54) is 5.56 Å². The molecule has 0 fully saturated rings. The molecule has 0 saturated carbocycles. The minimum absolute atomic E-state index is 0.254. The Morgan fingerprint density at radius 1 is 1.40 bits per heavy atom. The fourth-order valence-corrected chi connectivity index (χ4v) is 1.54. The fraction of sp³-hybridized carbons (Fsp3) is 0.583. The molecule has 0 aliphatic rings. The minimum Gasteiger partial charge on any atom is -0.446 e. The van der Waals surface area contributed by atoms with Gasteiger partial charge in [-0.1, -0.05) is 33.7 Å². The number of hydrogen-bond donors (Lipinski definition) is 1. The molecular weight excluding hydrogens is 185 g/mol. The number of aromatic nitrogens is 1. The molecule has 1 rings (SSSR count). The maximum atomic E-state index is 9.43. The van der Waals surface area contributed by atoms with Crippen molar-refractivity contribution in [2.45, 2.75) is 40.9 Å². The van der Waals surface area contributed by atoms with Crippen molar-refractivity contribution in [1.82, 2.24) is 4.98 Å². The molecule has 3 heteroatoms. The quantitative estimate of drug-likeness (QED) is 0.746. The standard InChI is InChI=1S/C12H20BNO/c1-9-6-10(13(5)15)8-14-11(9)7-12(2,3)4/h6,8,15H,7H2,1-5H3. The third-order valence-corrected chi connectivity index (χ3v) is 2.39. The summed E-state index contributed by atoms with van der Waals surface area (Å²) in [6, 6.07) is 2.03. The Hall–Kier alpha value is -0.825. The van der Waals surface area contributed by atoms with E-state index in [0.29, 0.717) is 0 Å². The summed E-state index contributed by atoms with van der Waals surface area (Å²) in [7, 11) is 0. The van der Waals surface area contributed by atoms with Crippen molar-refractivity contribution in [2.24, 2.45) is 5.41 Å². The first kappa shape index (κ1) is 12.2. The average Bonchev–Trinajstić information content (AvgIpc) is 2.05. The van der Waals surface area contributed by atoms with Crippen molar-refractivity contribution in [3.8, 4) is 0 Å². The summed E-state index contributed by atoms with van der Waals surface area (Å²) < 4.78 is 0. The van der Waals surface area contributed by atoms with Crippen LogP contribution in [-0.2, 0) is 6.42 Å². The lowest BCUT2D eigenvalue weighted by Crippen LogP contribution is -2.27. The summed E-state index contributed by atoms with van der Waals surface area (Å²) in [4.78, 5) is 4.42. The normalized spacial score (nSPS) is 11.6. The van der Waals surface area contributed by atoms with Crippen LogP contribution in [0.25, 0.3) is 0 Å². The Kier molecular flexibility index (Phi) is 3.56. The van der Waals surface area contributed by atoms with Crippen LogP contribution in [0.2, 0.25) is 6.82 Å². The zero-order chi connectivity index (χ0) is 11.6. The van der Waals surface area contributed by atoms with Crippen molar-refractivity contribution in [1.29, 1.82) is 0 Å². The van der Waals surface area contributed by atoms with E-state index in [1.54, 1.807) is 13.0 Å². The summed E-state index contributed by atoms with van der Waals surface area (Å²) >= 11 is 0. The molecule has 0 aromatic carbocycles. The number of nitrogens with zero attached hydrogens (tertiary/aromatic N) is 1. The van der Waals surface area contributed by atoms with E-state index in [-0.39, 0.29) is 5.41 Å². The van der Waals surface area contributed by atoms with Gasteiger partial charge >= 0.3 is 6.92 Å². The van der Waals surface area contributed by atoms with Gasteiger partial charge in [-0.05, 0) is 29.8 Å². The van der Waals surface area contributed by atoms with Gasteiger partial charge in [-0.15, -0.1) is 0 Å². The molecule has 0 saturated heterocycles. The molecule has 2 nitrogen and oxygen atoms in total. The third kappa shape index (κ3) is 3.67. The second-order valence-electron chi connectivity index (χ2n) is 5.45. The predicted octanol–water partition coefficient (Wildman–Crippen LogP) is 1.80. The van der Waals surface area contributed by atoms with Gasteiger partial charge in [-0.25, -0.2) is 0 Å². The average molecular weight is 205 g/mol. The highest BCUT2D eigenvalue weighted by molar-refractivity contribution is 6.64. The highest BCUT2D eigenvalue weighted by atomic mass is 16.2. The molecule has 0 spiro atoms. The van der Waals surface area contributed by atoms with E-state index >= 15 is 0 Å². The van der Waals surface area contributed by atoms with Crippen LogP contribution in [0.3, 0.4) is 0 Å². The van der Waals surface area contributed by atoms with Crippen molar-refractivity contribution >= 4 is 12.4 Å². The Labute approximate surface area is 92.9 Å². The molecule has 0 radical (unpaired) electrons. The van der Waals surface area contributed by atoms with Crippen LogP contribution in [0.5, 0.6) is 0 Å². The van der Waals surface area contributed by atoms with Crippen LogP contribution in [0.15, 0.2) is 12.3 Å². The van der Waals surface area contributed by atoms with Gasteiger partial charge in [-0.3, -0.25) is 4.98 Å². The van der Waals surface area contributed by atoms with E-state index in [0.717, 1.165) is 17.6 Å². The van der Waals surface area contributed by atoms with E-state index in [1.807, 2.05) is 6.07 Å². The van der Waals surface area contributed by atoms with Gasteiger partial charge in [0.15, 0.2) is 0 Å². The molecule has 0 bridgehead atoms. The van der Waals surface area contributed by atoms with E-state index in [2.05, 4.69) is 32.7 Å². The van der Waals surface area contributed by atoms with Gasteiger partial charge in [0.25, 0.3) is 0 Å². The lowest BCUT2D eigenvalue weighted by molar-refractivity contribution is 0.405. The van der Waals surface area contributed by atoms with Gasteiger partial charge in [0, 0.05) is 11.9 Å². The Morgan fingerprint density at radius 3 is 2.40 bits per heavy atom. The first-order valence-electron chi connectivity index (χ1n) is 5.43. The first-order valence-corrected chi connectivity index (χ1v) is 5.43. The molecule has 15 heavy (non-hydrogen) atoms. The summed E-state index contributed by atoms with van der Waals surface area (Å²) in [5.41, 5.74) is 3.45. The van der Waals surface area contributed by atoms with Crippen molar-refractivity contribution in [2.75, 3.05) is 0 Å². The van der Waals surface area contributed by atoms with Crippen molar-refractivity contribution in [3.05, 3.63) is 23.5 Å². The topological polar surface area (TPSA) is 33.1 Å². The van der Waals surface area contributed by atoms with Crippen molar-refractivity contribution in [3.63, 3.8) is 0 Å². The SMILES string of the molecule is CB(O)c1cnc(CC(C)(C)C)c(C)c1. The maximum absolute atomic E-state index is 9.43. The second-order valence-corrected chi connectivity index (χ2v) is 5.45. The van der Waals surface area contributed by atoms with E-state index in [4.69, 9.17) is 0 Å². The summed E-state index contributed by atoms with van der Waals surface area (Å²) in [6.45, 7) is 10.0. The molecule has 1 aromatic heterocycles. The molecular formula is C12H20BNO. The molecule has 0 aliphatic heterocycles. The summed E-state index contributed by atoms with van der Waals surface area (Å²) in [6.07, 6.45) is 2.75. The minimum atomic E-state index is -0.431. The van der Waals surface area contributed by atoms with Crippen LogP contribution in [-0.4, -0.2) is 16.9 Å². The monoisotopic (exact) mass is 205 g/mol. The Balaban J connectivity index is 2.94.